The van der Waals surface area contributed by atoms with Crippen molar-refractivity contribution in [3.63, 3.8) is 0 Å². The molecule has 0 aliphatic carbocycles. The van der Waals surface area contributed by atoms with Crippen molar-refractivity contribution in [2.45, 2.75) is 33.1 Å². The standard InChI is InChI=1S/C27H30ClFN4O4/c1-16(2)20-12-19(34)10-17-4-5-18(28)11-22(17)33-26-21-13-24(36-8-3-7-30-27(20)35)25(37-9-6-29)14-23(21)31-15-32-26/h4-5,11,13-16,20H,3,6-10,12H2,1-2H3,(H,30,35)(H,31,32,33)/i29-1. The molecule has 196 valence electrons. The number of nitrogens with one attached hydrogen (secondary N) is 2. The van der Waals surface area contributed by atoms with E-state index in [1.807, 2.05) is 13.8 Å². The molecule has 2 heterocycles. The molecule has 4 rings (SSSR count). The predicted octanol–water partition coefficient (Wildman–Crippen LogP) is 5.05. The number of nitrogens with zero attached hydrogens (tertiary/aromatic N) is 2. The summed E-state index contributed by atoms with van der Waals surface area (Å²) in [6, 6.07) is 8.67. The Balaban J connectivity index is 1.77. The van der Waals surface area contributed by atoms with Crippen LogP contribution in [0.3, 0.4) is 0 Å². The molecule has 2 N–H and O–H groups in total. The normalized spacial score (nSPS) is 17.1. The van der Waals surface area contributed by atoms with Crippen LogP contribution in [0.25, 0.3) is 10.9 Å². The van der Waals surface area contributed by atoms with Gasteiger partial charge in [0.25, 0.3) is 0 Å². The maximum absolute atomic E-state index is 13.1. The molecule has 0 radical (unpaired) electrons. The van der Waals surface area contributed by atoms with Gasteiger partial charge >= 0.3 is 0 Å². The number of fused-ring (bicyclic) bond motifs is 2. The van der Waals surface area contributed by atoms with Crippen molar-refractivity contribution < 1.29 is 23.5 Å². The second kappa shape index (κ2) is 12.2. The first-order valence-electron chi connectivity index (χ1n) is 12.3. The van der Waals surface area contributed by atoms with Crippen LogP contribution in [-0.4, -0.2) is 48.1 Å². The quantitative estimate of drug-likeness (QED) is 0.489. The average molecular weight is 528 g/mol. The van der Waals surface area contributed by atoms with Crippen molar-refractivity contribution in [3.05, 3.63) is 47.2 Å². The number of aromatic nitrogens is 2. The lowest BCUT2D eigenvalue weighted by atomic mass is 9.88. The van der Waals surface area contributed by atoms with Crippen LogP contribution >= 0.6 is 11.6 Å². The van der Waals surface area contributed by atoms with Crippen LogP contribution in [0.2, 0.25) is 5.02 Å². The molecule has 10 heteroatoms. The van der Waals surface area contributed by atoms with Gasteiger partial charge in [-0.15, -0.1) is 0 Å². The monoisotopic (exact) mass is 527 g/mol. The molecular weight excluding hydrogens is 498 g/mol. The zero-order chi connectivity index (χ0) is 26.4. The summed E-state index contributed by atoms with van der Waals surface area (Å²) >= 11 is 6.29. The number of ketones is 1. The third-order valence-electron chi connectivity index (χ3n) is 6.22. The number of benzene rings is 2. The summed E-state index contributed by atoms with van der Waals surface area (Å²) in [5.74, 6) is 0.626. The number of amides is 1. The van der Waals surface area contributed by atoms with Gasteiger partial charge in [0, 0.05) is 47.5 Å². The number of anilines is 2. The summed E-state index contributed by atoms with van der Waals surface area (Å²) in [5, 5.41) is 7.37. The summed E-state index contributed by atoms with van der Waals surface area (Å²) in [7, 11) is 0. The Morgan fingerprint density at radius 2 is 2.05 bits per heavy atom. The van der Waals surface area contributed by atoms with Crippen LogP contribution in [0.5, 0.6) is 11.5 Å². The van der Waals surface area contributed by atoms with Crippen molar-refractivity contribution in [1.82, 2.24) is 15.3 Å². The number of carbonyl (C=O) groups excluding carboxylic acids is 2. The van der Waals surface area contributed by atoms with E-state index in [-0.39, 0.29) is 43.7 Å². The van der Waals surface area contributed by atoms with E-state index in [1.165, 1.54) is 6.33 Å². The number of carbonyl (C=O) groups is 2. The molecule has 2 bridgehead atoms. The van der Waals surface area contributed by atoms with E-state index in [0.29, 0.717) is 51.9 Å². The summed E-state index contributed by atoms with van der Waals surface area (Å²) in [6.45, 7) is 3.78. The third kappa shape index (κ3) is 6.65. The Hall–Kier alpha value is -3.46. The Morgan fingerprint density at radius 1 is 1.22 bits per heavy atom. The third-order valence-corrected chi connectivity index (χ3v) is 6.45. The number of hydrogen-bond donors (Lipinski definition) is 2. The molecule has 1 aliphatic rings. The van der Waals surface area contributed by atoms with Gasteiger partial charge in [-0.1, -0.05) is 31.5 Å². The minimum absolute atomic E-state index is 0.00362. The Bertz CT molecular complexity index is 1290. The second-order valence-electron chi connectivity index (χ2n) is 9.27. The van der Waals surface area contributed by atoms with Gasteiger partial charge in [0.2, 0.25) is 5.91 Å². The van der Waals surface area contributed by atoms with Crippen LogP contribution in [0, 0.1) is 11.8 Å². The molecule has 1 amide bonds. The lowest BCUT2D eigenvalue weighted by Gasteiger charge is -2.20. The fourth-order valence-corrected chi connectivity index (χ4v) is 4.41. The van der Waals surface area contributed by atoms with Crippen molar-refractivity contribution in [2.24, 2.45) is 11.8 Å². The lowest BCUT2D eigenvalue weighted by molar-refractivity contribution is -0.130. The molecule has 3 aromatic rings. The summed E-state index contributed by atoms with van der Waals surface area (Å²) in [6.07, 6.45) is 2.21. The Morgan fingerprint density at radius 3 is 2.84 bits per heavy atom. The van der Waals surface area contributed by atoms with Gasteiger partial charge in [0.1, 0.15) is 31.2 Å². The summed E-state index contributed by atoms with van der Waals surface area (Å²) < 4.78 is 24.4. The number of rotatable bonds is 4. The van der Waals surface area contributed by atoms with Gasteiger partial charge in [-0.25, -0.2) is 14.4 Å². The highest BCUT2D eigenvalue weighted by Crippen LogP contribution is 2.36. The maximum atomic E-state index is 13.1. The molecule has 37 heavy (non-hydrogen) atoms. The first kappa shape index (κ1) is 26.6. The molecule has 1 atom stereocenters. The topological polar surface area (TPSA) is 102 Å². The van der Waals surface area contributed by atoms with Gasteiger partial charge in [-0.3, -0.25) is 9.59 Å². The molecule has 8 nitrogen and oxygen atoms in total. The van der Waals surface area contributed by atoms with Crippen molar-refractivity contribution >= 4 is 45.7 Å². The molecule has 0 saturated heterocycles. The zero-order valence-corrected chi connectivity index (χ0v) is 21.6. The average Bonchev–Trinajstić information content (AvgIpc) is 2.87. The maximum Gasteiger partial charge on any atom is 0.223 e. The largest absolute Gasteiger partial charge is 0.490 e. The van der Waals surface area contributed by atoms with Crippen molar-refractivity contribution in [2.75, 3.05) is 31.7 Å². The van der Waals surface area contributed by atoms with Crippen molar-refractivity contribution in [3.8, 4) is 11.5 Å². The van der Waals surface area contributed by atoms with E-state index >= 15 is 0 Å². The highest BCUT2D eigenvalue weighted by Gasteiger charge is 2.25. The molecule has 0 spiro atoms. The predicted molar refractivity (Wildman–Crippen MR) is 141 cm³/mol. The van der Waals surface area contributed by atoms with Crippen LogP contribution in [0.15, 0.2) is 36.7 Å². The smallest absolute Gasteiger partial charge is 0.223 e. The number of alkyl halides is 1. The van der Waals surface area contributed by atoms with Crippen LogP contribution in [-0.2, 0) is 16.0 Å². The molecule has 0 fully saturated rings. The molecule has 1 aromatic heterocycles. The van der Waals surface area contributed by atoms with E-state index in [9.17, 15) is 14.0 Å². The van der Waals surface area contributed by atoms with Gasteiger partial charge in [0.15, 0.2) is 11.5 Å². The number of Topliss-reactive ketones (excluding diaryl/α,β-unsaturated/α-hetero) is 1. The van der Waals surface area contributed by atoms with E-state index in [2.05, 4.69) is 20.6 Å². The highest BCUT2D eigenvalue weighted by atomic mass is 35.5. The summed E-state index contributed by atoms with van der Waals surface area (Å²) in [5.41, 5.74) is 1.92. The van der Waals surface area contributed by atoms with E-state index in [4.69, 9.17) is 21.1 Å². The van der Waals surface area contributed by atoms with Gasteiger partial charge in [-0.05, 0) is 36.1 Å². The Labute approximate surface area is 219 Å². The van der Waals surface area contributed by atoms with Gasteiger partial charge in [0.05, 0.1) is 12.1 Å². The van der Waals surface area contributed by atoms with E-state index < -0.39 is 12.6 Å². The summed E-state index contributed by atoms with van der Waals surface area (Å²) in [4.78, 5) is 34.7. The zero-order valence-electron chi connectivity index (χ0n) is 20.9. The number of hydrogen-bond acceptors (Lipinski definition) is 7. The van der Waals surface area contributed by atoms with Crippen LogP contribution in [0.4, 0.5) is 15.9 Å². The molecular formula is C27H30ClFN4O4. The molecule has 0 saturated carbocycles. The lowest BCUT2D eigenvalue weighted by Crippen LogP contribution is -2.36. The molecule has 1 unspecified atom stereocenters. The van der Waals surface area contributed by atoms with Crippen molar-refractivity contribution in [1.29, 1.82) is 0 Å². The van der Waals surface area contributed by atoms with Crippen LogP contribution in [0.1, 0.15) is 32.3 Å². The highest BCUT2D eigenvalue weighted by molar-refractivity contribution is 6.31. The molecule has 2 aromatic carbocycles. The fourth-order valence-electron chi connectivity index (χ4n) is 4.24. The van der Waals surface area contributed by atoms with Gasteiger partial charge < -0.3 is 20.1 Å². The second-order valence-corrected chi connectivity index (χ2v) is 9.70. The minimum Gasteiger partial charge on any atom is -0.490 e. The molecule has 1 aliphatic heterocycles. The SMILES string of the molecule is CC(C)C1CC(=O)Cc2ccc(Cl)cc2Nc2ncnc3cc(OCC[18F])c(cc23)OCCCNC1=O. The van der Waals surface area contributed by atoms with Gasteiger partial charge in [-0.2, -0.15) is 0 Å². The Kier molecular flexibility index (Phi) is 8.76. The first-order valence-corrected chi connectivity index (χ1v) is 12.7. The number of halogens is 2. The van der Waals surface area contributed by atoms with Crippen LogP contribution < -0.4 is 20.1 Å². The van der Waals surface area contributed by atoms with E-state index in [1.54, 1.807) is 30.3 Å². The fraction of sp³-hybridized carbons (Fsp3) is 0.407. The van der Waals surface area contributed by atoms with E-state index in [0.717, 1.165) is 5.56 Å². The first-order chi connectivity index (χ1) is 17.9. The minimum atomic E-state index is -0.645. The number of ether oxygens (including phenoxy) is 2.